The summed E-state index contributed by atoms with van der Waals surface area (Å²) in [5, 5.41) is 0. The highest BCUT2D eigenvalue weighted by Crippen LogP contribution is 2.39. The van der Waals surface area contributed by atoms with Crippen molar-refractivity contribution in [3.8, 4) is 5.75 Å². The van der Waals surface area contributed by atoms with Gasteiger partial charge in [0.25, 0.3) is 0 Å². The van der Waals surface area contributed by atoms with Crippen LogP contribution in [0.4, 0.5) is 5.69 Å². The van der Waals surface area contributed by atoms with Crippen LogP contribution in [-0.2, 0) is 20.7 Å². The lowest BCUT2D eigenvalue weighted by Crippen LogP contribution is -2.51. The summed E-state index contributed by atoms with van der Waals surface area (Å²) in [7, 11) is 1.69. The van der Waals surface area contributed by atoms with E-state index in [9.17, 15) is 9.59 Å². The highest BCUT2D eigenvalue weighted by atomic mass is 16.5. The van der Waals surface area contributed by atoms with Gasteiger partial charge in [-0.25, -0.2) is 0 Å². The zero-order valence-electron chi connectivity index (χ0n) is 21.1. The number of nitrogens with zero attached hydrogens (tertiary/aromatic N) is 2. The van der Waals surface area contributed by atoms with Crippen LogP contribution < -0.4 is 9.64 Å². The maximum absolute atomic E-state index is 12.9. The number of carbonyl (C=O) groups excluding carboxylic acids is 2. The molecule has 2 amide bonds. The van der Waals surface area contributed by atoms with Crippen molar-refractivity contribution in [2.75, 3.05) is 38.3 Å². The Bertz CT molecular complexity index is 968. The van der Waals surface area contributed by atoms with Crippen molar-refractivity contribution < 1.29 is 19.1 Å². The third-order valence-corrected chi connectivity index (χ3v) is 7.54. The lowest BCUT2D eigenvalue weighted by molar-refractivity contribution is -0.147. The van der Waals surface area contributed by atoms with Gasteiger partial charge in [0.05, 0.1) is 12.7 Å². The summed E-state index contributed by atoms with van der Waals surface area (Å²) >= 11 is 0. The molecule has 0 N–H and O–H groups in total. The van der Waals surface area contributed by atoms with E-state index < -0.39 is 0 Å². The number of para-hydroxylation sites is 1. The third-order valence-electron chi connectivity index (χ3n) is 7.54. The van der Waals surface area contributed by atoms with E-state index in [0.717, 1.165) is 50.1 Å². The number of hydrogen-bond donors (Lipinski definition) is 0. The molecule has 0 saturated carbocycles. The van der Waals surface area contributed by atoms with Gasteiger partial charge in [0, 0.05) is 44.8 Å². The van der Waals surface area contributed by atoms with Gasteiger partial charge in [-0.3, -0.25) is 9.59 Å². The smallest absolute Gasteiger partial charge is 0.227 e. The molecule has 1 atom stereocenters. The van der Waals surface area contributed by atoms with Crippen LogP contribution in [0.3, 0.4) is 0 Å². The number of anilines is 1. The minimum absolute atomic E-state index is 0.00230. The molecule has 1 spiro atoms. The molecule has 2 aromatic carbocycles. The molecule has 2 fully saturated rings. The number of amides is 2. The lowest BCUT2D eigenvalue weighted by atomic mass is 9.77. The van der Waals surface area contributed by atoms with E-state index in [1.54, 1.807) is 12.0 Å². The number of rotatable bonds is 8. The van der Waals surface area contributed by atoms with Crippen molar-refractivity contribution in [3.05, 3.63) is 60.2 Å². The summed E-state index contributed by atoms with van der Waals surface area (Å²) in [5.74, 6) is 1.55. The van der Waals surface area contributed by atoms with Crippen LogP contribution >= 0.6 is 0 Å². The number of carbonyl (C=O) groups is 2. The summed E-state index contributed by atoms with van der Waals surface area (Å²) in [6, 6.07) is 18.0. The predicted octanol–water partition coefficient (Wildman–Crippen LogP) is 4.86. The molecule has 1 unspecified atom stereocenters. The van der Waals surface area contributed by atoms with Crippen molar-refractivity contribution >= 4 is 17.5 Å². The Labute approximate surface area is 209 Å². The molecule has 0 radical (unpaired) electrons. The third kappa shape index (κ3) is 6.43. The van der Waals surface area contributed by atoms with Crippen LogP contribution in [0.2, 0.25) is 0 Å². The highest BCUT2D eigenvalue weighted by Gasteiger charge is 2.41. The first-order chi connectivity index (χ1) is 17.0. The van der Waals surface area contributed by atoms with Gasteiger partial charge in [0.2, 0.25) is 11.8 Å². The molecule has 2 aliphatic rings. The number of piperidine rings is 1. The second-order valence-corrected chi connectivity index (χ2v) is 9.80. The number of likely N-dealkylation sites (tertiary alicyclic amines) is 1. The van der Waals surface area contributed by atoms with Crippen LogP contribution in [0.1, 0.15) is 51.0 Å². The van der Waals surface area contributed by atoms with E-state index in [4.69, 9.17) is 9.47 Å². The maximum Gasteiger partial charge on any atom is 0.227 e. The molecule has 35 heavy (non-hydrogen) atoms. The first kappa shape index (κ1) is 25.2. The Kier molecular flexibility index (Phi) is 8.45. The molecule has 2 heterocycles. The van der Waals surface area contributed by atoms with Crippen LogP contribution in [-0.4, -0.2) is 55.7 Å². The summed E-state index contributed by atoms with van der Waals surface area (Å²) in [5.41, 5.74) is 2.10. The number of benzene rings is 2. The maximum atomic E-state index is 12.9. The highest BCUT2D eigenvalue weighted by molar-refractivity contribution is 5.95. The fourth-order valence-corrected chi connectivity index (χ4v) is 5.53. The molecule has 6 nitrogen and oxygen atoms in total. The molecular weight excluding hydrogens is 440 g/mol. The van der Waals surface area contributed by atoms with Gasteiger partial charge in [-0.2, -0.15) is 0 Å². The van der Waals surface area contributed by atoms with Gasteiger partial charge in [-0.15, -0.1) is 0 Å². The fraction of sp³-hybridized carbons (Fsp3) is 0.517. The van der Waals surface area contributed by atoms with E-state index in [1.807, 2.05) is 54.3 Å². The van der Waals surface area contributed by atoms with Crippen molar-refractivity contribution in [3.63, 3.8) is 0 Å². The topological polar surface area (TPSA) is 59.1 Å². The first-order valence-corrected chi connectivity index (χ1v) is 12.9. The number of ether oxygens (including phenoxy) is 2. The van der Waals surface area contributed by atoms with Crippen LogP contribution in [0.15, 0.2) is 54.6 Å². The zero-order valence-corrected chi connectivity index (χ0v) is 21.1. The molecule has 0 aliphatic carbocycles. The molecule has 2 saturated heterocycles. The Balaban J connectivity index is 1.25. The Hall–Kier alpha value is -2.86. The van der Waals surface area contributed by atoms with Crippen LogP contribution in [0.5, 0.6) is 5.75 Å². The summed E-state index contributed by atoms with van der Waals surface area (Å²) in [6.45, 7) is 4.76. The Morgan fingerprint density at radius 3 is 2.43 bits per heavy atom. The Morgan fingerprint density at radius 2 is 1.77 bits per heavy atom. The molecule has 188 valence electrons. The van der Waals surface area contributed by atoms with Crippen molar-refractivity contribution in [2.24, 2.45) is 5.92 Å². The summed E-state index contributed by atoms with van der Waals surface area (Å²) in [6.07, 6.45) is 5.42. The minimum Gasteiger partial charge on any atom is -0.497 e. The fourth-order valence-electron chi connectivity index (χ4n) is 5.53. The largest absolute Gasteiger partial charge is 0.497 e. The molecule has 0 aromatic heterocycles. The standard InChI is InChI=1S/C29H38N2O4/c1-3-31(25-7-5-4-6-8-25)28(33)14-13-27(32)30-18-16-29(17-19-30)22-24(15-20-35-29)21-23-9-11-26(34-2)12-10-23/h4-12,24H,3,13-22H2,1-2H3. The predicted molar refractivity (Wildman–Crippen MR) is 138 cm³/mol. The second kappa shape index (κ2) is 11.7. The lowest BCUT2D eigenvalue weighted by Gasteiger charge is -2.46. The van der Waals surface area contributed by atoms with Gasteiger partial charge in [-0.1, -0.05) is 30.3 Å². The average Bonchev–Trinajstić information content (AvgIpc) is 2.89. The first-order valence-electron chi connectivity index (χ1n) is 12.9. The summed E-state index contributed by atoms with van der Waals surface area (Å²) < 4.78 is 11.6. The normalized spacial score (nSPS) is 19.4. The number of hydrogen-bond acceptors (Lipinski definition) is 4. The Morgan fingerprint density at radius 1 is 1.06 bits per heavy atom. The molecule has 4 rings (SSSR count). The molecule has 6 heteroatoms. The van der Waals surface area contributed by atoms with E-state index in [0.29, 0.717) is 25.6 Å². The molecule has 0 bridgehead atoms. The van der Waals surface area contributed by atoms with E-state index in [1.165, 1.54) is 5.56 Å². The van der Waals surface area contributed by atoms with Gasteiger partial charge in [0.1, 0.15) is 5.75 Å². The van der Waals surface area contributed by atoms with Gasteiger partial charge in [0.15, 0.2) is 0 Å². The van der Waals surface area contributed by atoms with Crippen molar-refractivity contribution in [2.45, 2.75) is 57.5 Å². The monoisotopic (exact) mass is 478 g/mol. The van der Waals surface area contributed by atoms with E-state index in [2.05, 4.69) is 12.1 Å². The van der Waals surface area contributed by atoms with Crippen molar-refractivity contribution in [1.29, 1.82) is 0 Å². The average molecular weight is 479 g/mol. The quantitative estimate of drug-likeness (QED) is 0.544. The van der Waals surface area contributed by atoms with Crippen molar-refractivity contribution in [1.82, 2.24) is 4.90 Å². The van der Waals surface area contributed by atoms with Gasteiger partial charge in [-0.05, 0) is 74.8 Å². The van der Waals surface area contributed by atoms with Crippen LogP contribution in [0.25, 0.3) is 0 Å². The SMILES string of the molecule is CCN(C(=O)CCC(=O)N1CCC2(CC1)CC(Cc1ccc(OC)cc1)CCO2)c1ccccc1. The van der Waals surface area contributed by atoms with Gasteiger partial charge >= 0.3 is 0 Å². The number of methoxy groups -OCH3 is 1. The zero-order chi connectivity index (χ0) is 24.7. The second-order valence-electron chi connectivity index (χ2n) is 9.80. The summed E-state index contributed by atoms with van der Waals surface area (Å²) in [4.78, 5) is 29.3. The van der Waals surface area contributed by atoms with E-state index >= 15 is 0 Å². The molecule has 2 aliphatic heterocycles. The van der Waals surface area contributed by atoms with E-state index in [-0.39, 0.29) is 30.3 Å². The molecule has 2 aromatic rings. The minimum atomic E-state index is -0.117. The van der Waals surface area contributed by atoms with Gasteiger partial charge < -0.3 is 19.3 Å². The van der Waals surface area contributed by atoms with Crippen LogP contribution in [0, 0.1) is 5.92 Å². The molecular formula is C29H38N2O4.